The molecule has 102 heteroatoms. The Labute approximate surface area is 1870 Å². The second kappa shape index (κ2) is 1140. The van der Waals surface area contributed by atoms with Gasteiger partial charge in [-0.05, 0) is 0 Å². The Morgan fingerprint density at radius 1 is 0.0196 bits per heavy atom. The molecule has 0 fully saturated rings. The Kier molecular flexibility index (Phi) is 12900. The van der Waals surface area contributed by atoms with Crippen molar-refractivity contribution < 1.29 is 1810 Å². The molecule has 0 aliphatic rings. The van der Waals surface area contributed by atoms with Crippen LogP contribution in [-0.4, -0.2) is 0 Å². The van der Waals surface area contributed by atoms with E-state index in [0.717, 1.165) is 0 Å². The molecule has 0 spiro atoms. The first-order valence-electron chi connectivity index (χ1n) is 0. The molecule has 0 heterocycles. The van der Waals surface area contributed by atoms with Gasteiger partial charge in [-0.25, -0.2) is 0 Å². The van der Waals surface area contributed by atoms with Gasteiger partial charge in [0.25, 0.3) is 0 Å². The maximum absolute atomic E-state index is 0. The van der Waals surface area contributed by atoms with Crippen molar-refractivity contribution in [1.29, 1.82) is 0 Å². The summed E-state index contributed by atoms with van der Waals surface area (Å²) in [5.74, 6) is 0. The molecule has 0 saturated heterocycles. The minimum Gasteiger partial charge on any atom is -0.147 e. The van der Waals surface area contributed by atoms with Gasteiger partial charge >= 0.3 is 1810 Å². The molecule has 0 saturated carbocycles. The monoisotopic (exact) mass is 6270 g/mol. The van der Waals surface area contributed by atoms with Crippen LogP contribution in [0, 0.1) is 0 Å². The van der Waals surface area contributed by atoms with Crippen LogP contribution in [0.25, 0.3) is 0 Å². The zero-order valence-corrected chi connectivity index (χ0v) is 353. The van der Waals surface area contributed by atoms with Crippen LogP contribution in [0.4, 0.5) is 0 Å². The Balaban J connectivity index is 0. The topological polar surface area (TPSA) is 0 Å². The zero-order valence-electron chi connectivity index (χ0n) is 69.4. The van der Waals surface area contributed by atoms with Crippen molar-refractivity contribution >= 4 is 112 Å². The maximum Gasteiger partial charge on any atom is 2.00 e. The second-order valence-corrected chi connectivity index (χ2v) is 0. The molecule has 0 aromatic heterocycles. The van der Waals surface area contributed by atoms with E-state index in [1.165, 1.54) is 0 Å². The summed E-state index contributed by atoms with van der Waals surface area (Å²) in [6, 6.07) is 0. The molecule has 0 radical (unpaired) electrons. The molecular weight excluding hydrogens is 6400 g/mol. The average molecular weight is 6410 g/mol. The first-order chi connectivity index (χ1) is 0. The quantitative estimate of drug-likeness (QED) is 0.326. The molecule has 0 rings (SSSR count). The van der Waals surface area contributed by atoms with Gasteiger partial charge in [-0.2, -0.15) is 0 Å². The van der Waals surface area contributed by atoms with Crippen molar-refractivity contribution in [2.24, 2.45) is 0 Å². The van der Waals surface area contributed by atoms with Crippen molar-refractivity contribution in [2.75, 3.05) is 0 Å². The molecule has 0 aromatic rings. The number of hydrogen-bond acceptors (Lipinski definition) is 0. The van der Waals surface area contributed by atoms with E-state index in [-0.39, 0.29) is 1920 Å². The third-order valence-corrected chi connectivity index (χ3v) is 0. The molecule has 0 aliphatic heterocycles. The van der Waals surface area contributed by atoms with Crippen molar-refractivity contribution in [1.82, 2.24) is 0 Å². The van der Waals surface area contributed by atoms with Crippen molar-refractivity contribution in [3.05, 3.63) is 0 Å². The van der Waals surface area contributed by atoms with Crippen molar-refractivity contribution in [3.8, 4) is 0 Å². The van der Waals surface area contributed by atoms with Crippen LogP contribution in [0.15, 0.2) is 0 Å². The van der Waals surface area contributed by atoms with E-state index in [1.54, 1.807) is 0 Å². The van der Waals surface area contributed by atoms with E-state index in [4.69, 9.17) is 0 Å². The number of halogens is 9. The minimum atomic E-state index is 0. The predicted octanol–water partition coefficient (Wildman–Crippen LogP) is 3.56. The summed E-state index contributed by atoms with van der Waals surface area (Å²) in [6.45, 7) is 0. The second-order valence-electron chi connectivity index (χ2n) is 0. The Bertz CT molecular complexity index is 43.9. The first-order valence-corrected chi connectivity index (χ1v) is 0. The minimum absolute atomic E-state index is 0. The van der Waals surface area contributed by atoms with E-state index in [9.17, 15) is 0 Å². The van der Waals surface area contributed by atoms with E-state index in [2.05, 4.69) is 0 Å². The van der Waals surface area contributed by atoms with E-state index in [1.807, 2.05) is 0 Å². The molecule has 0 aromatic carbocycles. The van der Waals surface area contributed by atoms with Gasteiger partial charge < -0.3 is 0 Å². The Hall–Kier alpha value is 60.6. The van der Waals surface area contributed by atoms with Crippen LogP contribution in [-0.2, 0) is 1810 Å². The molecule has 0 amide bonds. The largest absolute Gasteiger partial charge is 2.00 e. The van der Waals surface area contributed by atoms with Gasteiger partial charge in [-0.15, -0.1) is 112 Å². The van der Waals surface area contributed by atoms with E-state index >= 15 is 0 Å². The van der Waals surface area contributed by atoms with Crippen LogP contribution >= 0.6 is 112 Å². The third kappa shape index (κ3) is 1110. The molecular formula is H9Cl9Zn93+186. The third-order valence-electron chi connectivity index (χ3n) is 0. The van der Waals surface area contributed by atoms with Gasteiger partial charge in [0.05, 0.1) is 0 Å². The molecule has 0 unspecified atom stereocenters. The molecule has 0 aliphatic carbocycles. The summed E-state index contributed by atoms with van der Waals surface area (Å²) in [7, 11) is 0. The van der Waals surface area contributed by atoms with Gasteiger partial charge in [0.2, 0.25) is 0 Å². The zero-order chi connectivity index (χ0) is 0. The SMILES string of the molecule is Cl.Cl.Cl.Cl.Cl.Cl.Cl.Cl.Cl.[Zn+2].[Zn+2].[Zn+2].[Zn+2].[Zn+2].[Zn+2].[Zn+2].[Zn+2].[Zn+2].[Zn+2].[Zn+2].[Zn+2].[Zn+2].[Zn+2].[Zn+2].[Zn+2].[Zn+2].[Zn+2].[Zn+2].[Zn+2].[Zn+2].[Zn+2].[Zn+2].[Zn+2].[Zn+2].[Zn+2].[Zn+2].[Zn+2].[Zn+2].[Zn+2].[Zn+2].[Zn+2].[Zn+2].[Zn+2].[Zn+2].[Zn+2].[Zn+2].[Zn+2].[Zn+2].[Zn+2].[Zn+2].[Zn+2].[Zn+2].[Zn+2].[Zn+2].[Zn+2].[Zn+2].[Zn+2].[Zn+2].[Zn+2].[Zn+2].[Zn+2].[Zn+2].[Zn+2].[Zn+2].[Zn+2].[Zn+2].[Zn+2].[Zn+2].[Zn+2].[Zn+2].[Zn+2].[Zn+2].[Zn+2].[Zn+2].[Zn+2].[Zn+2].[Zn+2].[Zn+2].[Zn+2].[Zn+2].[Zn+2].[Zn+2].[Zn+2].[Zn+2].[Zn+2].[Zn+2].[Zn+2].[Zn+2].[Zn+2].[Zn+2].[Zn+2].[Zn+2].[Zn+2].[Zn+2].[Zn+2].[Zn+2].[Zn+2].[Zn+2].[Zn+2].[Zn+2].[Zn+2].[Zn+2]. The van der Waals surface area contributed by atoms with Gasteiger partial charge in [-0.3, -0.25) is 0 Å². The summed E-state index contributed by atoms with van der Waals surface area (Å²) in [6.07, 6.45) is 0. The Morgan fingerprint density at radius 3 is 0.0196 bits per heavy atom. The van der Waals surface area contributed by atoms with Crippen LogP contribution in [0.5, 0.6) is 0 Å². The maximum atomic E-state index is 0. The van der Waals surface area contributed by atoms with Gasteiger partial charge in [0.1, 0.15) is 0 Å². The summed E-state index contributed by atoms with van der Waals surface area (Å²) in [4.78, 5) is 0. The summed E-state index contributed by atoms with van der Waals surface area (Å²) >= 11 is 0. The summed E-state index contributed by atoms with van der Waals surface area (Å²) in [5, 5.41) is 0. The molecule has 102 heavy (non-hydrogen) atoms. The molecule has 0 N–H and O–H groups in total. The molecule has 72 valence electrons. The molecule has 0 bridgehead atoms. The fraction of sp³-hybridized carbons (Fsp3) is 0. The number of hydrogen-bond donors (Lipinski definition) is 0. The van der Waals surface area contributed by atoms with Crippen LogP contribution < -0.4 is 0 Å². The van der Waals surface area contributed by atoms with Gasteiger partial charge in [0, 0.05) is 0 Å². The Morgan fingerprint density at radius 2 is 0.0196 bits per heavy atom. The summed E-state index contributed by atoms with van der Waals surface area (Å²) in [5.41, 5.74) is 0. The van der Waals surface area contributed by atoms with Gasteiger partial charge in [0.15, 0.2) is 0 Å². The fourth-order valence-corrected chi connectivity index (χ4v) is 0. The standard InChI is InChI=1S/9ClH.93Zn/h9*1H;;;;;;;;;;;;;;;;;;;;;;;;;;;;;;;;;;;;;;;;;;;;;;;;;;;;;;;;;;;;;;;;;;;;;;;;;;;;;;;;;;;;;;;;;;;;;/q;;;;;;;;;93*+2. The summed E-state index contributed by atoms with van der Waals surface area (Å²) < 4.78 is 0. The van der Waals surface area contributed by atoms with Crippen LogP contribution in [0.3, 0.4) is 0 Å². The smallest absolute Gasteiger partial charge is 0.147 e. The van der Waals surface area contributed by atoms with Crippen molar-refractivity contribution in [2.45, 2.75) is 0 Å². The van der Waals surface area contributed by atoms with E-state index in [0.29, 0.717) is 0 Å². The molecule has 0 atom stereocenters. The average Bonchev–Trinajstić information content (AvgIpc) is 0. The normalized spacial score (nSPS) is 0. The van der Waals surface area contributed by atoms with Crippen molar-refractivity contribution in [3.63, 3.8) is 0 Å². The van der Waals surface area contributed by atoms with Gasteiger partial charge in [-0.1, -0.05) is 0 Å². The molecule has 0 nitrogen and oxygen atoms in total. The first kappa shape index (κ1) is 1160. The number of rotatable bonds is 0. The van der Waals surface area contributed by atoms with E-state index < -0.39 is 0 Å². The fourth-order valence-electron chi connectivity index (χ4n) is 0. The predicted molar refractivity (Wildman–Crippen MR) is 65.2 cm³/mol. The van der Waals surface area contributed by atoms with Crippen LogP contribution in [0.2, 0.25) is 0 Å². The van der Waals surface area contributed by atoms with Crippen LogP contribution in [0.1, 0.15) is 0 Å².